The lowest BCUT2D eigenvalue weighted by Crippen LogP contribution is -2.63. The molecule has 2 rings (SSSR count). The molecule has 0 radical (unpaired) electrons. The Hall–Kier alpha value is -1.47. The molecule has 1 N–H and O–H groups in total. The van der Waals surface area contributed by atoms with Crippen LogP contribution in [0.1, 0.15) is 30.1 Å². The van der Waals surface area contributed by atoms with Gasteiger partial charge in [-0.05, 0) is 34.5 Å². The van der Waals surface area contributed by atoms with Crippen molar-refractivity contribution in [2.75, 3.05) is 13.1 Å². The number of hydrogen-bond donors (Lipinski definition) is 1. The summed E-state index contributed by atoms with van der Waals surface area (Å²) in [5.74, 6) is -0.290. The molecule has 6 nitrogen and oxygen atoms in total. The maximum Gasteiger partial charge on any atom is 0.284 e. The molecule has 20 heavy (non-hydrogen) atoms. The second kappa shape index (κ2) is 5.49. The first kappa shape index (κ1) is 14.9. The van der Waals surface area contributed by atoms with E-state index in [0.717, 1.165) is 6.42 Å². The number of nitro groups is 1. The van der Waals surface area contributed by atoms with E-state index < -0.39 is 10.5 Å². The molecule has 1 heterocycles. The molecule has 0 atom stereocenters. The third-order valence-corrected chi connectivity index (χ3v) is 4.03. The van der Waals surface area contributed by atoms with Crippen molar-refractivity contribution >= 4 is 27.5 Å². The van der Waals surface area contributed by atoms with E-state index in [0.29, 0.717) is 10.9 Å². The number of nitro benzene ring substituents is 1. The summed E-state index contributed by atoms with van der Waals surface area (Å²) < 4.78 is 0.338. The molecule has 1 aliphatic heterocycles. The highest BCUT2D eigenvalue weighted by atomic mass is 79.9. The largest absolute Gasteiger partial charge is 0.386 e. The van der Waals surface area contributed by atoms with Gasteiger partial charge in [-0.1, -0.05) is 13.3 Å². The Labute approximate surface area is 124 Å². The number of amides is 1. The number of nitrogens with zero attached hydrogens (tertiary/aromatic N) is 2. The molecule has 0 aliphatic carbocycles. The van der Waals surface area contributed by atoms with Gasteiger partial charge in [0.2, 0.25) is 0 Å². The number of halogens is 1. The summed E-state index contributed by atoms with van der Waals surface area (Å²) in [6, 6.07) is 4.28. The van der Waals surface area contributed by atoms with E-state index in [4.69, 9.17) is 0 Å². The van der Waals surface area contributed by atoms with E-state index in [1.165, 1.54) is 23.1 Å². The van der Waals surface area contributed by atoms with Crippen LogP contribution in [0.5, 0.6) is 0 Å². The first-order chi connectivity index (χ1) is 9.36. The van der Waals surface area contributed by atoms with Gasteiger partial charge in [-0.3, -0.25) is 14.9 Å². The summed E-state index contributed by atoms with van der Waals surface area (Å²) in [5, 5.41) is 20.9. The lowest BCUT2D eigenvalue weighted by molar-refractivity contribution is -0.385. The fourth-order valence-corrected chi connectivity index (χ4v) is 2.79. The number of benzene rings is 1. The normalized spacial score (nSPS) is 16.6. The number of rotatable bonds is 4. The molecule has 1 saturated heterocycles. The highest BCUT2D eigenvalue weighted by Gasteiger charge is 2.43. The molecule has 1 amide bonds. The maximum absolute atomic E-state index is 12.2. The topological polar surface area (TPSA) is 83.7 Å². The Morgan fingerprint density at radius 3 is 2.75 bits per heavy atom. The first-order valence-corrected chi connectivity index (χ1v) is 7.11. The lowest BCUT2D eigenvalue weighted by Gasteiger charge is -2.46. The quantitative estimate of drug-likeness (QED) is 0.672. The molecule has 0 spiro atoms. The molecule has 1 aliphatic rings. The van der Waals surface area contributed by atoms with Crippen LogP contribution in [0.25, 0.3) is 0 Å². The SMILES string of the molecule is CCCC1(O)CN(C(=O)c2ccc(Br)c([N+](=O)[O-])c2)C1. The van der Waals surface area contributed by atoms with Crippen molar-refractivity contribution in [1.29, 1.82) is 0 Å². The third kappa shape index (κ3) is 2.83. The van der Waals surface area contributed by atoms with E-state index in [9.17, 15) is 20.0 Å². The summed E-state index contributed by atoms with van der Waals surface area (Å²) in [7, 11) is 0. The minimum atomic E-state index is -0.800. The summed E-state index contributed by atoms with van der Waals surface area (Å²) in [6.45, 7) is 2.54. The van der Waals surface area contributed by atoms with E-state index >= 15 is 0 Å². The van der Waals surface area contributed by atoms with Crippen LogP contribution in [-0.4, -0.2) is 39.5 Å². The zero-order chi connectivity index (χ0) is 14.9. The second-order valence-corrected chi connectivity index (χ2v) is 5.91. The number of β-amino-alcohol motifs (C(OH)–C–C–N with tert-alkyl or cyclic N) is 1. The van der Waals surface area contributed by atoms with Gasteiger partial charge < -0.3 is 10.0 Å². The van der Waals surface area contributed by atoms with Crippen LogP contribution in [-0.2, 0) is 0 Å². The van der Waals surface area contributed by atoms with Crippen LogP contribution in [0.2, 0.25) is 0 Å². The van der Waals surface area contributed by atoms with Gasteiger partial charge in [0.1, 0.15) is 0 Å². The van der Waals surface area contributed by atoms with Crippen molar-refractivity contribution in [3.63, 3.8) is 0 Å². The van der Waals surface area contributed by atoms with Crippen molar-refractivity contribution in [3.8, 4) is 0 Å². The van der Waals surface area contributed by atoms with Crippen LogP contribution in [0.4, 0.5) is 5.69 Å². The zero-order valence-corrected chi connectivity index (χ0v) is 12.6. The number of likely N-dealkylation sites (tertiary alicyclic amines) is 1. The number of aliphatic hydroxyl groups is 1. The van der Waals surface area contributed by atoms with Crippen molar-refractivity contribution in [3.05, 3.63) is 38.3 Å². The van der Waals surface area contributed by atoms with Gasteiger partial charge in [0.05, 0.1) is 28.1 Å². The maximum atomic E-state index is 12.2. The zero-order valence-electron chi connectivity index (χ0n) is 11.0. The van der Waals surface area contributed by atoms with Gasteiger partial charge >= 0.3 is 0 Å². The van der Waals surface area contributed by atoms with Gasteiger partial charge in [0.15, 0.2) is 0 Å². The van der Waals surface area contributed by atoms with Crippen molar-refractivity contribution < 1.29 is 14.8 Å². The van der Waals surface area contributed by atoms with Crippen LogP contribution in [0.3, 0.4) is 0 Å². The van der Waals surface area contributed by atoms with Crippen molar-refractivity contribution in [2.24, 2.45) is 0 Å². The highest BCUT2D eigenvalue weighted by molar-refractivity contribution is 9.10. The van der Waals surface area contributed by atoms with Gasteiger partial charge in [0, 0.05) is 11.6 Å². The molecule has 0 bridgehead atoms. The smallest absolute Gasteiger partial charge is 0.284 e. The average molecular weight is 343 g/mol. The lowest BCUT2D eigenvalue weighted by atomic mass is 9.89. The monoisotopic (exact) mass is 342 g/mol. The van der Waals surface area contributed by atoms with Crippen LogP contribution in [0, 0.1) is 10.1 Å². The summed E-state index contributed by atoms with van der Waals surface area (Å²) in [4.78, 5) is 24.0. The van der Waals surface area contributed by atoms with Crippen molar-refractivity contribution in [2.45, 2.75) is 25.4 Å². The van der Waals surface area contributed by atoms with E-state index in [2.05, 4.69) is 15.9 Å². The standard InChI is InChI=1S/C13H15BrN2O4/c1-2-5-13(18)7-15(8-13)12(17)9-3-4-10(14)11(6-9)16(19)20/h3-4,6,18H,2,5,7-8H2,1H3. The van der Waals surface area contributed by atoms with Gasteiger partial charge in [0.25, 0.3) is 11.6 Å². The Bertz CT molecular complexity index is 555. The minimum absolute atomic E-state index is 0.139. The summed E-state index contributed by atoms with van der Waals surface area (Å²) in [6.07, 6.45) is 1.50. The molecule has 7 heteroatoms. The van der Waals surface area contributed by atoms with Gasteiger partial charge in [-0.15, -0.1) is 0 Å². The second-order valence-electron chi connectivity index (χ2n) is 5.06. The Morgan fingerprint density at radius 1 is 1.55 bits per heavy atom. The average Bonchev–Trinajstić information content (AvgIpc) is 2.35. The number of hydrogen-bond acceptors (Lipinski definition) is 4. The molecule has 1 aromatic carbocycles. The molecule has 1 aromatic rings. The fourth-order valence-electron chi connectivity index (χ4n) is 2.40. The van der Waals surface area contributed by atoms with E-state index in [-0.39, 0.29) is 30.2 Å². The van der Waals surface area contributed by atoms with Crippen molar-refractivity contribution in [1.82, 2.24) is 4.90 Å². The fraction of sp³-hybridized carbons (Fsp3) is 0.462. The summed E-state index contributed by atoms with van der Waals surface area (Å²) >= 11 is 3.08. The van der Waals surface area contributed by atoms with E-state index in [1.54, 1.807) is 0 Å². The Kier molecular flexibility index (Phi) is 4.10. The minimum Gasteiger partial charge on any atom is -0.386 e. The molecule has 1 fully saturated rings. The first-order valence-electron chi connectivity index (χ1n) is 6.32. The van der Waals surface area contributed by atoms with Gasteiger partial charge in [-0.25, -0.2) is 0 Å². The third-order valence-electron chi connectivity index (χ3n) is 3.36. The Morgan fingerprint density at radius 2 is 2.20 bits per heavy atom. The van der Waals surface area contributed by atoms with Gasteiger partial charge in [-0.2, -0.15) is 0 Å². The highest BCUT2D eigenvalue weighted by Crippen LogP contribution is 2.30. The van der Waals surface area contributed by atoms with E-state index in [1.807, 2.05) is 6.92 Å². The predicted molar refractivity (Wildman–Crippen MR) is 76.6 cm³/mol. The number of carbonyl (C=O) groups excluding carboxylic acids is 1. The summed E-state index contributed by atoms with van der Waals surface area (Å²) in [5.41, 5.74) is -0.676. The van der Waals surface area contributed by atoms with Crippen LogP contribution in [0.15, 0.2) is 22.7 Å². The van der Waals surface area contributed by atoms with Crippen LogP contribution < -0.4 is 0 Å². The predicted octanol–water partition coefficient (Wildman–Crippen LogP) is 2.34. The molecule has 0 unspecified atom stereocenters. The number of carbonyl (C=O) groups is 1. The van der Waals surface area contributed by atoms with Crippen LogP contribution >= 0.6 is 15.9 Å². The Balaban J connectivity index is 2.12. The molecule has 0 aromatic heterocycles. The molecule has 0 saturated carbocycles. The molecular weight excluding hydrogens is 328 g/mol. The molecule has 108 valence electrons. The molecular formula is C13H15BrN2O4.